The number of unbranched alkanes of at least 4 members (excludes halogenated alkanes) is 2. The standard InChI is InChI=1S/C22H20BrCl2N3O2/c1-22(14-15-5-7-16(23)8-6-15)20(29)28(19-12-17(24)11-18(25)13-19)21(30)27(22)10-4-2-3-9-26/h5-8,11-13H,2-4,10,14H2,1H3. The summed E-state index contributed by atoms with van der Waals surface area (Å²) in [7, 11) is 0. The molecule has 8 heteroatoms. The minimum absolute atomic E-state index is 0.325. The molecule has 3 rings (SSSR count). The number of benzene rings is 2. The Balaban J connectivity index is 1.97. The third-order valence-electron chi connectivity index (χ3n) is 5.17. The van der Waals surface area contributed by atoms with Gasteiger partial charge in [-0.1, -0.05) is 51.3 Å². The predicted octanol–water partition coefficient (Wildman–Crippen LogP) is 6.22. The summed E-state index contributed by atoms with van der Waals surface area (Å²) < 4.78 is 0.939. The summed E-state index contributed by atoms with van der Waals surface area (Å²) in [6.07, 6.45) is 2.07. The van der Waals surface area contributed by atoms with Crippen molar-refractivity contribution in [3.8, 4) is 6.07 Å². The fourth-order valence-corrected chi connectivity index (χ4v) is 4.44. The van der Waals surface area contributed by atoms with E-state index in [2.05, 4.69) is 22.0 Å². The molecule has 0 spiro atoms. The maximum Gasteiger partial charge on any atom is 0.332 e. The van der Waals surface area contributed by atoms with Crippen molar-refractivity contribution in [2.75, 3.05) is 11.4 Å². The van der Waals surface area contributed by atoms with E-state index in [4.69, 9.17) is 28.5 Å². The Kier molecular flexibility index (Phi) is 7.07. The lowest BCUT2D eigenvalue weighted by Crippen LogP contribution is -2.49. The van der Waals surface area contributed by atoms with Crippen LogP contribution >= 0.6 is 39.1 Å². The molecule has 0 N–H and O–H groups in total. The number of imide groups is 1. The van der Waals surface area contributed by atoms with Crippen molar-refractivity contribution in [1.82, 2.24) is 4.90 Å². The number of nitriles is 1. The van der Waals surface area contributed by atoms with Gasteiger partial charge in [-0.2, -0.15) is 5.26 Å². The van der Waals surface area contributed by atoms with E-state index in [0.717, 1.165) is 14.9 Å². The summed E-state index contributed by atoms with van der Waals surface area (Å²) in [6, 6.07) is 14.1. The van der Waals surface area contributed by atoms with E-state index in [1.807, 2.05) is 24.3 Å². The molecule has 2 aromatic rings. The zero-order chi connectivity index (χ0) is 21.9. The highest BCUT2D eigenvalue weighted by Crippen LogP contribution is 2.37. The molecule has 0 bridgehead atoms. The third-order valence-corrected chi connectivity index (χ3v) is 6.13. The second-order valence-corrected chi connectivity index (χ2v) is 9.18. The highest BCUT2D eigenvalue weighted by Gasteiger charge is 2.54. The summed E-state index contributed by atoms with van der Waals surface area (Å²) in [6.45, 7) is 2.16. The zero-order valence-electron chi connectivity index (χ0n) is 16.4. The quantitative estimate of drug-likeness (QED) is 0.329. The van der Waals surface area contributed by atoms with Crippen LogP contribution in [0.1, 0.15) is 31.7 Å². The number of urea groups is 1. The van der Waals surface area contributed by atoms with E-state index >= 15 is 0 Å². The van der Waals surface area contributed by atoms with E-state index in [0.29, 0.717) is 48.0 Å². The number of nitrogens with zero attached hydrogens (tertiary/aromatic N) is 3. The Morgan fingerprint density at radius 3 is 2.30 bits per heavy atom. The largest absolute Gasteiger partial charge is 0.332 e. The molecule has 2 aromatic carbocycles. The monoisotopic (exact) mass is 507 g/mol. The molecular formula is C22H20BrCl2N3O2. The molecule has 5 nitrogen and oxygen atoms in total. The van der Waals surface area contributed by atoms with Crippen molar-refractivity contribution in [1.29, 1.82) is 5.26 Å². The molecule has 0 saturated carbocycles. The van der Waals surface area contributed by atoms with Gasteiger partial charge in [0, 0.05) is 33.9 Å². The van der Waals surface area contributed by atoms with Gasteiger partial charge in [-0.15, -0.1) is 0 Å². The molecule has 0 aromatic heterocycles. The van der Waals surface area contributed by atoms with Gasteiger partial charge in [-0.25, -0.2) is 9.69 Å². The minimum atomic E-state index is -1.06. The molecule has 0 aliphatic carbocycles. The Morgan fingerprint density at radius 1 is 1.07 bits per heavy atom. The van der Waals surface area contributed by atoms with Crippen LogP contribution in [0.3, 0.4) is 0 Å². The van der Waals surface area contributed by atoms with Crippen molar-refractivity contribution in [2.45, 2.75) is 38.1 Å². The first-order chi connectivity index (χ1) is 14.3. The maximum atomic E-state index is 13.5. The maximum absolute atomic E-state index is 13.5. The van der Waals surface area contributed by atoms with Crippen LogP contribution in [0.25, 0.3) is 0 Å². The van der Waals surface area contributed by atoms with Gasteiger partial charge in [0.15, 0.2) is 0 Å². The van der Waals surface area contributed by atoms with Gasteiger partial charge in [-0.3, -0.25) is 4.79 Å². The van der Waals surface area contributed by atoms with Crippen molar-refractivity contribution in [3.05, 3.63) is 62.5 Å². The van der Waals surface area contributed by atoms with Crippen LogP contribution in [0.2, 0.25) is 10.0 Å². The van der Waals surface area contributed by atoms with Crippen LogP contribution in [0.5, 0.6) is 0 Å². The minimum Gasteiger partial charge on any atom is -0.309 e. The topological polar surface area (TPSA) is 64.4 Å². The molecule has 156 valence electrons. The van der Waals surface area contributed by atoms with Crippen molar-refractivity contribution in [3.63, 3.8) is 0 Å². The smallest absolute Gasteiger partial charge is 0.309 e. The highest BCUT2D eigenvalue weighted by molar-refractivity contribution is 9.10. The first kappa shape index (κ1) is 22.6. The molecule has 1 fully saturated rings. The van der Waals surface area contributed by atoms with E-state index in [9.17, 15) is 9.59 Å². The lowest BCUT2D eigenvalue weighted by molar-refractivity contribution is -0.124. The summed E-state index contributed by atoms with van der Waals surface area (Å²) >= 11 is 15.6. The van der Waals surface area contributed by atoms with Crippen LogP contribution < -0.4 is 4.90 Å². The summed E-state index contributed by atoms with van der Waals surface area (Å²) in [5.41, 5.74) is 0.228. The number of halogens is 3. The lowest BCUT2D eigenvalue weighted by Gasteiger charge is -2.32. The van der Waals surface area contributed by atoms with Gasteiger partial charge in [0.2, 0.25) is 0 Å². The number of amides is 3. The molecular weight excluding hydrogens is 489 g/mol. The Bertz CT molecular complexity index is 986. The number of hydrogen-bond acceptors (Lipinski definition) is 3. The van der Waals surface area contributed by atoms with E-state index in [1.54, 1.807) is 30.0 Å². The average Bonchev–Trinajstić information content (AvgIpc) is 2.86. The molecule has 0 radical (unpaired) electrons. The lowest BCUT2D eigenvalue weighted by atomic mass is 9.91. The fraction of sp³-hybridized carbons (Fsp3) is 0.318. The number of rotatable bonds is 7. The molecule has 1 saturated heterocycles. The first-order valence-electron chi connectivity index (χ1n) is 9.50. The van der Waals surface area contributed by atoms with Crippen LogP contribution in [0.15, 0.2) is 46.9 Å². The molecule has 1 atom stereocenters. The highest BCUT2D eigenvalue weighted by atomic mass is 79.9. The summed E-state index contributed by atoms with van der Waals surface area (Å²) in [5.74, 6) is -0.325. The van der Waals surface area contributed by atoms with Crippen LogP contribution in [0.4, 0.5) is 10.5 Å². The molecule has 3 amide bonds. The van der Waals surface area contributed by atoms with Crippen molar-refractivity contribution < 1.29 is 9.59 Å². The van der Waals surface area contributed by atoms with Gasteiger partial charge >= 0.3 is 6.03 Å². The Labute approximate surface area is 194 Å². The van der Waals surface area contributed by atoms with Crippen molar-refractivity contribution in [2.24, 2.45) is 0 Å². The number of carbonyl (C=O) groups excluding carboxylic acids is 2. The number of hydrogen-bond donors (Lipinski definition) is 0. The van der Waals surface area contributed by atoms with Crippen LogP contribution in [-0.4, -0.2) is 28.9 Å². The molecule has 1 aliphatic heterocycles. The average molecular weight is 509 g/mol. The third kappa shape index (κ3) is 4.64. The second-order valence-electron chi connectivity index (χ2n) is 7.39. The van der Waals surface area contributed by atoms with Gasteiger partial charge < -0.3 is 4.90 Å². The SMILES string of the molecule is CC1(Cc2ccc(Br)cc2)C(=O)N(c2cc(Cl)cc(Cl)c2)C(=O)N1CCCCC#N. The van der Waals surface area contributed by atoms with Crippen LogP contribution in [-0.2, 0) is 11.2 Å². The van der Waals surface area contributed by atoms with Gasteiger partial charge in [0.05, 0.1) is 11.8 Å². The Hall–Kier alpha value is -2.07. The summed E-state index contributed by atoms with van der Waals surface area (Å²) in [4.78, 5) is 29.6. The zero-order valence-corrected chi connectivity index (χ0v) is 19.5. The molecule has 30 heavy (non-hydrogen) atoms. The fourth-order valence-electron chi connectivity index (χ4n) is 3.66. The summed E-state index contributed by atoms with van der Waals surface area (Å²) in [5, 5.41) is 9.49. The normalized spacial score (nSPS) is 18.8. The van der Waals surface area contributed by atoms with Gasteiger partial charge in [0.1, 0.15) is 5.54 Å². The Morgan fingerprint density at radius 2 is 1.70 bits per heavy atom. The second kappa shape index (κ2) is 9.38. The first-order valence-corrected chi connectivity index (χ1v) is 11.0. The molecule has 1 unspecified atom stereocenters. The van der Waals surface area contributed by atoms with E-state index in [-0.39, 0.29) is 5.91 Å². The van der Waals surface area contributed by atoms with Gasteiger partial charge in [0.25, 0.3) is 5.91 Å². The number of carbonyl (C=O) groups is 2. The number of anilines is 1. The van der Waals surface area contributed by atoms with E-state index < -0.39 is 11.6 Å². The van der Waals surface area contributed by atoms with E-state index in [1.165, 1.54) is 0 Å². The van der Waals surface area contributed by atoms with Gasteiger partial charge in [-0.05, 0) is 55.7 Å². The van der Waals surface area contributed by atoms with Crippen molar-refractivity contribution >= 4 is 56.8 Å². The predicted molar refractivity (Wildman–Crippen MR) is 122 cm³/mol. The molecule has 1 heterocycles. The molecule has 1 aliphatic rings. The van der Waals surface area contributed by atoms with Crippen LogP contribution in [0, 0.1) is 11.3 Å².